The molecule has 100 valence electrons. The fourth-order valence-corrected chi connectivity index (χ4v) is 4.35. The van der Waals surface area contributed by atoms with Crippen LogP contribution in [0, 0.1) is 22.7 Å². The van der Waals surface area contributed by atoms with Crippen molar-refractivity contribution in [1.82, 2.24) is 9.80 Å². The summed E-state index contributed by atoms with van der Waals surface area (Å²) in [6.45, 7) is 8.00. The van der Waals surface area contributed by atoms with Crippen LogP contribution in [0.4, 0.5) is 0 Å². The second-order valence-corrected chi connectivity index (χ2v) is 6.43. The highest BCUT2D eigenvalue weighted by molar-refractivity contribution is 5.23. The number of nitriles is 1. The largest absolute Gasteiger partial charge is 0.374 e. The van der Waals surface area contributed by atoms with E-state index in [1.54, 1.807) is 0 Å². The monoisotopic (exact) mass is 249 g/mol. The zero-order valence-electron chi connectivity index (χ0n) is 11.2. The molecule has 0 aromatic carbocycles. The van der Waals surface area contributed by atoms with Crippen molar-refractivity contribution >= 4 is 0 Å². The van der Waals surface area contributed by atoms with Gasteiger partial charge in [-0.05, 0) is 6.42 Å². The summed E-state index contributed by atoms with van der Waals surface area (Å²) < 4.78 is 0. The molecule has 4 aliphatic heterocycles. The van der Waals surface area contributed by atoms with E-state index in [-0.39, 0.29) is 11.3 Å². The van der Waals surface area contributed by atoms with Gasteiger partial charge in [0.1, 0.15) is 0 Å². The summed E-state index contributed by atoms with van der Waals surface area (Å²) in [6.07, 6.45) is 3.23. The van der Waals surface area contributed by atoms with Gasteiger partial charge in [-0.2, -0.15) is 5.26 Å². The molecule has 4 aliphatic rings. The molecule has 3 atom stereocenters. The predicted octanol–water partition coefficient (Wildman–Crippen LogP) is 0.679. The van der Waals surface area contributed by atoms with Crippen LogP contribution in [0.1, 0.15) is 26.2 Å². The van der Waals surface area contributed by atoms with Crippen LogP contribution in [0.25, 0.3) is 0 Å². The Morgan fingerprint density at radius 3 is 2.39 bits per heavy atom. The number of hydrogen-bond acceptors (Lipinski definition) is 4. The molecule has 18 heavy (non-hydrogen) atoms. The summed E-state index contributed by atoms with van der Waals surface area (Å²) in [7, 11) is 0. The van der Waals surface area contributed by atoms with Crippen LogP contribution in [0.3, 0.4) is 0 Å². The van der Waals surface area contributed by atoms with Crippen molar-refractivity contribution in [1.29, 1.82) is 5.26 Å². The van der Waals surface area contributed by atoms with Gasteiger partial charge < -0.3 is 14.9 Å². The maximum atomic E-state index is 11.0. The second-order valence-electron chi connectivity index (χ2n) is 6.43. The Labute approximate surface area is 109 Å². The van der Waals surface area contributed by atoms with Crippen LogP contribution in [-0.2, 0) is 0 Å². The fourth-order valence-electron chi connectivity index (χ4n) is 4.35. The summed E-state index contributed by atoms with van der Waals surface area (Å²) in [4.78, 5) is 4.94. The van der Waals surface area contributed by atoms with E-state index >= 15 is 0 Å². The molecule has 0 aromatic heterocycles. The van der Waals surface area contributed by atoms with Crippen LogP contribution in [0.2, 0.25) is 0 Å². The minimum Gasteiger partial charge on any atom is -0.374 e. The van der Waals surface area contributed by atoms with E-state index in [4.69, 9.17) is 0 Å². The second kappa shape index (κ2) is 4.19. The number of aliphatic hydroxyl groups is 1. The van der Waals surface area contributed by atoms with Gasteiger partial charge in [0.15, 0.2) is 5.60 Å². The van der Waals surface area contributed by atoms with Gasteiger partial charge in [-0.15, -0.1) is 0 Å². The van der Waals surface area contributed by atoms with E-state index in [1.807, 2.05) is 0 Å². The molecule has 4 rings (SSSR count). The number of fused-ring (bicyclic) bond motifs is 1. The zero-order chi connectivity index (χ0) is 12.8. The predicted molar refractivity (Wildman–Crippen MR) is 68.9 cm³/mol. The molecular formula is C14H23N3O. The number of rotatable bonds is 3. The highest BCUT2D eigenvalue weighted by atomic mass is 16.3. The Morgan fingerprint density at radius 2 is 1.89 bits per heavy atom. The summed E-state index contributed by atoms with van der Waals surface area (Å²) in [6, 6.07) is 2.30. The molecule has 4 fully saturated rings. The molecule has 1 N–H and O–H groups in total. The maximum Gasteiger partial charge on any atom is 0.164 e. The van der Waals surface area contributed by atoms with Crippen LogP contribution in [0.15, 0.2) is 0 Å². The van der Waals surface area contributed by atoms with E-state index in [0.29, 0.717) is 0 Å². The van der Waals surface area contributed by atoms with Crippen LogP contribution in [0.5, 0.6) is 0 Å². The van der Waals surface area contributed by atoms with Crippen molar-refractivity contribution in [3.63, 3.8) is 0 Å². The van der Waals surface area contributed by atoms with Gasteiger partial charge in [0, 0.05) is 50.6 Å². The Bertz CT molecular complexity index is 362. The molecule has 4 saturated heterocycles. The molecule has 4 heterocycles. The molecule has 0 aliphatic carbocycles. The van der Waals surface area contributed by atoms with Crippen LogP contribution < -0.4 is 0 Å². The first kappa shape index (κ1) is 12.4. The Kier molecular flexibility index (Phi) is 2.89. The molecule has 4 bridgehead atoms. The quantitative estimate of drug-likeness (QED) is 0.747. The molecule has 4 nitrogen and oxygen atoms in total. The van der Waals surface area contributed by atoms with E-state index in [9.17, 15) is 10.4 Å². The molecule has 0 spiro atoms. The maximum absolute atomic E-state index is 11.0. The van der Waals surface area contributed by atoms with Crippen molar-refractivity contribution in [3.8, 4) is 6.07 Å². The summed E-state index contributed by atoms with van der Waals surface area (Å²) in [5, 5.41) is 20.6. The normalized spacial score (nSPS) is 49.9. The van der Waals surface area contributed by atoms with Gasteiger partial charge in [0.25, 0.3) is 0 Å². The van der Waals surface area contributed by atoms with Crippen molar-refractivity contribution < 1.29 is 5.11 Å². The lowest BCUT2D eigenvalue weighted by atomic mass is 9.59. The highest BCUT2D eigenvalue weighted by Crippen LogP contribution is 2.50. The summed E-state index contributed by atoms with van der Waals surface area (Å²) in [5.41, 5.74) is -1.31. The standard InChI is InChI=1S/C14H23N3O/c1-2-3-4-13-10-16-5-6-17(11-13)8-12(7-16)14(13,18)9-15/h12,18H,2-8,10-11H2,1H3/t12?,13?,14-/m0/s1. The van der Waals surface area contributed by atoms with Crippen molar-refractivity contribution in [2.75, 3.05) is 39.3 Å². The van der Waals surface area contributed by atoms with E-state index < -0.39 is 5.60 Å². The molecule has 0 saturated carbocycles. The lowest BCUT2D eigenvalue weighted by Gasteiger charge is -2.57. The Hall–Kier alpha value is -0.630. The van der Waals surface area contributed by atoms with E-state index in [2.05, 4.69) is 22.8 Å². The minimum atomic E-state index is -1.10. The molecule has 4 heteroatoms. The molecule has 0 aromatic rings. The van der Waals surface area contributed by atoms with Gasteiger partial charge in [0.2, 0.25) is 0 Å². The summed E-state index contributed by atoms with van der Waals surface area (Å²) in [5.74, 6) is 0.115. The van der Waals surface area contributed by atoms with Gasteiger partial charge in [-0.25, -0.2) is 0 Å². The van der Waals surface area contributed by atoms with E-state index in [0.717, 1.165) is 58.5 Å². The average Bonchev–Trinajstić information content (AvgIpc) is 2.62. The van der Waals surface area contributed by atoms with Crippen molar-refractivity contribution in [2.24, 2.45) is 11.3 Å². The van der Waals surface area contributed by atoms with Crippen molar-refractivity contribution in [2.45, 2.75) is 31.8 Å². The van der Waals surface area contributed by atoms with Crippen LogP contribution in [-0.4, -0.2) is 59.8 Å². The van der Waals surface area contributed by atoms with Crippen LogP contribution >= 0.6 is 0 Å². The van der Waals surface area contributed by atoms with Gasteiger partial charge in [0.05, 0.1) is 6.07 Å². The molecule has 0 radical (unpaired) electrons. The van der Waals surface area contributed by atoms with Gasteiger partial charge in [-0.3, -0.25) is 0 Å². The lowest BCUT2D eigenvalue weighted by Crippen LogP contribution is -2.70. The fraction of sp³-hybridized carbons (Fsp3) is 0.929. The van der Waals surface area contributed by atoms with E-state index in [1.165, 1.54) is 0 Å². The number of piperidine rings is 2. The first-order valence-electron chi connectivity index (χ1n) is 7.22. The molecule has 0 amide bonds. The topological polar surface area (TPSA) is 50.5 Å². The minimum absolute atomic E-state index is 0.115. The number of hydrogen-bond donors (Lipinski definition) is 1. The van der Waals surface area contributed by atoms with Gasteiger partial charge >= 0.3 is 0 Å². The molecule has 2 unspecified atom stereocenters. The Morgan fingerprint density at radius 1 is 1.28 bits per heavy atom. The third kappa shape index (κ3) is 1.54. The lowest BCUT2D eigenvalue weighted by molar-refractivity contribution is -0.167. The molecular weight excluding hydrogens is 226 g/mol. The smallest absolute Gasteiger partial charge is 0.164 e. The zero-order valence-corrected chi connectivity index (χ0v) is 11.2. The first-order valence-corrected chi connectivity index (χ1v) is 7.22. The average molecular weight is 249 g/mol. The third-order valence-electron chi connectivity index (χ3n) is 5.32. The summed E-state index contributed by atoms with van der Waals surface area (Å²) >= 11 is 0. The SMILES string of the molecule is CCCCC12CN3CCN(CC(C3)[C@@]1(O)C#N)C2. The highest BCUT2D eigenvalue weighted by Gasteiger charge is 2.63. The van der Waals surface area contributed by atoms with Gasteiger partial charge in [-0.1, -0.05) is 19.8 Å². The Balaban J connectivity index is 1.98. The van der Waals surface area contributed by atoms with Crippen molar-refractivity contribution in [3.05, 3.63) is 0 Å². The first-order chi connectivity index (χ1) is 8.63. The number of unbranched alkanes of at least 4 members (excludes halogenated alkanes) is 1. The number of nitrogens with zero attached hydrogens (tertiary/aromatic N) is 3. The third-order valence-corrected chi connectivity index (χ3v) is 5.32.